The number of rotatable bonds is 4. The second-order valence-electron chi connectivity index (χ2n) is 7.52. The number of pyridine rings is 2. The number of halogens is 4. The number of benzene rings is 1. The quantitative estimate of drug-likeness (QED) is 0.382. The minimum atomic E-state index is -4.71. The lowest BCUT2D eigenvalue weighted by atomic mass is 10.1. The van der Waals surface area contributed by atoms with E-state index in [1.165, 1.54) is 12.3 Å². The van der Waals surface area contributed by atoms with Crippen molar-refractivity contribution in [3.05, 3.63) is 81.0 Å². The molecule has 1 N–H and O–H groups in total. The van der Waals surface area contributed by atoms with Crippen LogP contribution in [0.25, 0.3) is 10.9 Å². The standard InChI is InChI=1S/C23H16BrF3N6O/c1-12-21(13(2)33(32-12)11-14-5-6-29-10-15(14)9-28)31-22(34)18-8-20(23(25,26)27)30-19-4-3-16(24)7-17(18)19/h3-8,10H,11H2,1-2H3,(H,31,34). The molecule has 1 aromatic carbocycles. The highest BCUT2D eigenvalue weighted by Crippen LogP contribution is 2.32. The second-order valence-corrected chi connectivity index (χ2v) is 8.43. The molecule has 3 aromatic heterocycles. The van der Waals surface area contributed by atoms with Crippen molar-refractivity contribution in [3.63, 3.8) is 0 Å². The fourth-order valence-electron chi connectivity index (χ4n) is 3.57. The Labute approximate surface area is 200 Å². The normalized spacial score (nSPS) is 11.4. The van der Waals surface area contributed by atoms with Crippen LogP contribution in [0, 0.1) is 25.2 Å². The SMILES string of the molecule is Cc1nn(Cc2ccncc2C#N)c(C)c1NC(=O)c1cc(C(F)(F)F)nc2ccc(Br)cc12. The van der Waals surface area contributed by atoms with Gasteiger partial charge in [0.15, 0.2) is 0 Å². The zero-order chi connectivity index (χ0) is 24.6. The van der Waals surface area contributed by atoms with Crippen LogP contribution in [0.3, 0.4) is 0 Å². The summed E-state index contributed by atoms with van der Waals surface area (Å²) < 4.78 is 42.5. The molecule has 0 aliphatic carbocycles. The Morgan fingerprint density at radius 3 is 2.71 bits per heavy atom. The fourth-order valence-corrected chi connectivity index (χ4v) is 3.93. The number of anilines is 1. The molecule has 34 heavy (non-hydrogen) atoms. The van der Waals surface area contributed by atoms with Crippen molar-refractivity contribution >= 4 is 38.4 Å². The topological polar surface area (TPSA) is 96.5 Å². The van der Waals surface area contributed by atoms with E-state index in [9.17, 15) is 23.2 Å². The molecule has 7 nitrogen and oxygen atoms in total. The smallest absolute Gasteiger partial charge is 0.319 e. The van der Waals surface area contributed by atoms with Gasteiger partial charge in [-0.15, -0.1) is 0 Å². The van der Waals surface area contributed by atoms with E-state index in [4.69, 9.17) is 0 Å². The Hall–Kier alpha value is -3.78. The molecule has 1 amide bonds. The van der Waals surface area contributed by atoms with Gasteiger partial charge >= 0.3 is 6.18 Å². The van der Waals surface area contributed by atoms with Crippen LogP contribution in [-0.2, 0) is 12.7 Å². The molecule has 3 heterocycles. The van der Waals surface area contributed by atoms with Crippen molar-refractivity contribution in [1.29, 1.82) is 5.26 Å². The predicted octanol–water partition coefficient (Wildman–Crippen LogP) is 5.40. The third kappa shape index (κ3) is 4.49. The zero-order valence-electron chi connectivity index (χ0n) is 17.9. The summed E-state index contributed by atoms with van der Waals surface area (Å²) in [5.74, 6) is -0.719. The highest BCUT2D eigenvalue weighted by molar-refractivity contribution is 9.10. The highest BCUT2D eigenvalue weighted by Gasteiger charge is 2.34. The van der Waals surface area contributed by atoms with Crippen LogP contribution in [0.1, 0.15) is 38.6 Å². The van der Waals surface area contributed by atoms with Gasteiger partial charge < -0.3 is 5.32 Å². The van der Waals surface area contributed by atoms with Gasteiger partial charge in [-0.1, -0.05) is 15.9 Å². The summed E-state index contributed by atoms with van der Waals surface area (Å²) in [6, 6.07) is 9.05. The summed E-state index contributed by atoms with van der Waals surface area (Å²) in [7, 11) is 0. The van der Waals surface area contributed by atoms with Gasteiger partial charge in [-0.3, -0.25) is 14.5 Å². The molecule has 0 saturated heterocycles. The largest absolute Gasteiger partial charge is 0.433 e. The summed E-state index contributed by atoms with van der Waals surface area (Å²) in [4.78, 5) is 20.8. The summed E-state index contributed by atoms with van der Waals surface area (Å²) in [5, 5.41) is 16.7. The number of carbonyl (C=O) groups is 1. The van der Waals surface area contributed by atoms with E-state index in [0.29, 0.717) is 32.7 Å². The van der Waals surface area contributed by atoms with Crippen LogP contribution in [0.5, 0.6) is 0 Å². The first-order chi connectivity index (χ1) is 16.1. The number of aryl methyl sites for hydroxylation is 1. The van der Waals surface area contributed by atoms with Crippen LogP contribution in [0.15, 0.2) is 47.2 Å². The van der Waals surface area contributed by atoms with Crippen LogP contribution < -0.4 is 5.32 Å². The van der Waals surface area contributed by atoms with Crippen molar-refractivity contribution in [2.45, 2.75) is 26.6 Å². The molecule has 0 unspecified atom stereocenters. The summed E-state index contributed by atoms with van der Waals surface area (Å²) >= 11 is 3.29. The first-order valence-electron chi connectivity index (χ1n) is 9.94. The van der Waals surface area contributed by atoms with Crippen LogP contribution in [0.4, 0.5) is 18.9 Å². The molecule has 0 spiro atoms. The molecule has 11 heteroatoms. The van der Waals surface area contributed by atoms with Crippen LogP contribution in [0.2, 0.25) is 0 Å². The van der Waals surface area contributed by atoms with Gasteiger partial charge in [0.25, 0.3) is 5.91 Å². The van der Waals surface area contributed by atoms with Gasteiger partial charge in [-0.25, -0.2) is 4.98 Å². The van der Waals surface area contributed by atoms with Gasteiger partial charge in [-0.2, -0.15) is 23.5 Å². The maximum Gasteiger partial charge on any atom is 0.433 e. The van der Waals surface area contributed by atoms with Crippen molar-refractivity contribution in [3.8, 4) is 6.07 Å². The van der Waals surface area contributed by atoms with Crippen LogP contribution in [-0.4, -0.2) is 25.7 Å². The molecule has 0 fully saturated rings. The second kappa shape index (κ2) is 8.87. The van der Waals surface area contributed by atoms with Crippen molar-refractivity contribution < 1.29 is 18.0 Å². The van der Waals surface area contributed by atoms with E-state index in [0.717, 1.165) is 6.07 Å². The number of nitriles is 1. The third-order valence-electron chi connectivity index (χ3n) is 5.28. The average Bonchev–Trinajstić information content (AvgIpc) is 3.05. The van der Waals surface area contributed by atoms with Crippen molar-refractivity contribution in [1.82, 2.24) is 19.7 Å². The number of hydrogen-bond acceptors (Lipinski definition) is 5. The number of carbonyl (C=O) groups excluding carboxylic acids is 1. The van der Waals surface area contributed by atoms with Crippen LogP contribution >= 0.6 is 15.9 Å². The number of fused-ring (bicyclic) bond motifs is 1. The van der Waals surface area contributed by atoms with E-state index in [2.05, 4.69) is 42.4 Å². The molecular weight excluding hydrogens is 513 g/mol. The number of hydrogen-bond donors (Lipinski definition) is 1. The van der Waals surface area contributed by atoms with Gasteiger partial charge in [0.05, 0.1) is 40.3 Å². The number of nitrogens with one attached hydrogen (secondary N) is 1. The lowest BCUT2D eigenvalue weighted by Crippen LogP contribution is -2.17. The lowest BCUT2D eigenvalue weighted by Gasteiger charge is -2.13. The first kappa shape index (κ1) is 23.4. The third-order valence-corrected chi connectivity index (χ3v) is 5.77. The monoisotopic (exact) mass is 528 g/mol. The lowest BCUT2D eigenvalue weighted by molar-refractivity contribution is -0.140. The van der Waals surface area contributed by atoms with E-state index in [1.54, 1.807) is 42.9 Å². The Kier molecular flexibility index (Phi) is 6.10. The Morgan fingerprint density at radius 2 is 2.00 bits per heavy atom. The minimum Gasteiger partial charge on any atom is -0.319 e. The molecule has 0 saturated carbocycles. The summed E-state index contributed by atoms with van der Waals surface area (Å²) in [6.07, 6.45) is -1.69. The Bertz CT molecular complexity index is 1470. The molecule has 0 atom stereocenters. The summed E-state index contributed by atoms with van der Waals surface area (Å²) in [6.45, 7) is 3.67. The van der Waals surface area contributed by atoms with Gasteiger partial charge in [0.1, 0.15) is 11.8 Å². The number of alkyl halides is 3. The predicted molar refractivity (Wildman–Crippen MR) is 122 cm³/mol. The van der Waals surface area contributed by atoms with Gasteiger partial charge in [-0.05, 0) is 49.7 Å². The molecular formula is C23H16BrF3N6O. The maximum absolute atomic E-state index is 13.4. The van der Waals surface area contributed by atoms with Gasteiger partial charge in [0, 0.05) is 22.3 Å². The maximum atomic E-state index is 13.4. The van der Waals surface area contributed by atoms with E-state index in [-0.39, 0.29) is 23.0 Å². The molecule has 0 bridgehead atoms. The van der Waals surface area contributed by atoms with E-state index in [1.807, 2.05) is 0 Å². The first-order valence-corrected chi connectivity index (χ1v) is 10.7. The highest BCUT2D eigenvalue weighted by atomic mass is 79.9. The number of nitrogens with zero attached hydrogens (tertiary/aromatic N) is 5. The Morgan fingerprint density at radius 1 is 1.24 bits per heavy atom. The number of aromatic nitrogens is 4. The van der Waals surface area contributed by atoms with E-state index < -0.39 is 17.8 Å². The minimum absolute atomic E-state index is 0.0500. The summed E-state index contributed by atoms with van der Waals surface area (Å²) in [5.41, 5.74) is 1.27. The van der Waals surface area contributed by atoms with Gasteiger partial charge in [0.2, 0.25) is 0 Å². The molecule has 0 aliphatic heterocycles. The van der Waals surface area contributed by atoms with E-state index >= 15 is 0 Å². The molecule has 172 valence electrons. The molecule has 4 aromatic rings. The molecule has 0 radical (unpaired) electrons. The molecule has 4 rings (SSSR count). The van der Waals surface area contributed by atoms with Crippen molar-refractivity contribution in [2.24, 2.45) is 0 Å². The number of amides is 1. The average molecular weight is 529 g/mol. The van der Waals surface area contributed by atoms with Crippen molar-refractivity contribution in [2.75, 3.05) is 5.32 Å². The fraction of sp³-hybridized carbons (Fsp3) is 0.174. The molecule has 0 aliphatic rings. The zero-order valence-corrected chi connectivity index (χ0v) is 19.5. The Balaban J connectivity index is 1.73.